The molecule has 0 aliphatic heterocycles. The minimum atomic E-state index is -0.0372. The van der Waals surface area contributed by atoms with E-state index in [1.165, 1.54) is 0 Å². The number of carbonyl (C=O) groups is 1. The maximum absolute atomic E-state index is 12.1. The van der Waals surface area contributed by atoms with Crippen molar-refractivity contribution in [3.8, 4) is 0 Å². The Bertz CT molecular complexity index is 418. The van der Waals surface area contributed by atoms with Gasteiger partial charge in [0.05, 0.1) is 0 Å². The molecule has 4 heteroatoms. The molecule has 18 heavy (non-hydrogen) atoms. The number of aryl methyl sites for hydroxylation is 1. The molecule has 4 nitrogen and oxygen atoms in total. The van der Waals surface area contributed by atoms with Crippen LogP contribution in [0.25, 0.3) is 0 Å². The summed E-state index contributed by atoms with van der Waals surface area (Å²) in [6.45, 7) is 8.19. The van der Waals surface area contributed by atoms with E-state index in [1.807, 2.05) is 13.8 Å². The van der Waals surface area contributed by atoms with E-state index in [0.29, 0.717) is 11.5 Å². The molecule has 2 N–H and O–H groups in total. The maximum atomic E-state index is 12.1. The predicted octanol–water partition coefficient (Wildman–Crippen LogP) is 2.60. The molecule has 0 saturated heterocycles. The average molecular weight is 249 g/mol. The van der Waals surface area contributed by atoms with E-state index >= 15 is 0 Å². The number of nitrogens with one attached hydrogen (secondary N) is 2. The van der Waals surface area contributed by atoms with Gasteiger partial charge in [0.1, 0.15) is 5.82 Å². The first-order valence-electron chi connectivity index (χ1n) is 6.45. The lowest BCUT2D eigenvalue weighted by molar-refractivity contribution is 0.0928. The van der Waals surface area contributed by atoms with Gasteiger partial charge in [0.2, 0.25) is 0 Å². The zero-order chi connectivity index (χ0) is 13.7. The third-order valence-corrected chi connectivity index (χ3v) is 3.33. The van der Waals surface area contributed by atoms with Gasteiger partial charge in [-0.1, -0.05) is 20.3 Å². The number of carbonyl (C=O) groups excluding carboxylic acids is 1. The SMILES string of the molecule is CCC(C)C(C)NC(=O)c1cc(C)nc(NC)c1. The molecule has 1 aromatic rings. The molecule has 0 aliphatic rings. The summed E-state index contributed by atoms with van der Waals surface area (Å²) in [7, 11) is 1.80. The first-order valence-corrected chi connectivity index (χ1v) is 6.45. The summed E-state index contributed by atoms with van der Waals surface area (Å²) in [5.41, 5.74) is 1.49. The van der Waals surface area contributed by atoms with Gasteiger partial charge in [0, 0.05) is 24.3 Å². The molecule has 0 saturated carbocycles. The van der Waals surface area contributed by atoms with Crippen LogP contribution in [0.2, 0.25) is 0 Å². The fourth-order valence-corrected chi connectivity index (χ4v) is 1.71. The van der Waals surface area contributed by atoms with Crippen LogP contribution in [-0.2, 0) is 0 Å². The van der Waals surface area contributed by atoms with Crippen molar-refractivity contribution in [2.75, 3.05) is 12.4 Å². The van der Waals surface area contributed by atoms with Gasteiger partial charge in [-0.2, -0.15) is 0 Å². The molecule has 1 rings (SSSR count). The molecule has 0 spiro atoms. The van der Waals surface area contributed by atoms with Crippen molar-refractivity contribution in [2.45, 2.75) is 40.2 Å². The molecule has 2 unspecified atom stereocenters. The van der Waals surface area contributed by atoms with Crippen molar-refractivity contribution < 1.29 is 4.79 Å². The standard InChI is InChI=1S/C14H23N3O/c1-6-9(2)11(4)17-14(18)12-7-10(3)16-13(8-12)15-5/h7-9,11H,6H2,1-5H3,(H,15,16)(H,17,18). The Morgan fingerprint density at radius 2 is 2.06 bits per heavy atom. The van der Waals surface area contributed by atoms with Crippen LogP contribution in [0.4, 0.5) is 5.82 Å². The Labute approximate surface area is 109 Å². The Morgan fingerprint density at radius 1 is 1.39 bits per heavy atom. The fraction of sp³-hybridized carbons (Fsp3) is 0.571. The number of hydrogen-bond donors (Lipinski definition) is 2. The van der Waals surface area contributed by atoms with Gasteiger partial charge in [0.25, 0.3) is 5.91 Å². The Kier molecular flexibility index (Phi) is 5.13. The molecule has 1 amide bonds. The van der Waals surface area contributed by atoms with Gasteiger partial charge in [-0.05, 0) is 31.9 Å². The molecule has 100 valence electrons. The minimum Gasteiger partial charge on any atom is -0.373 e. The zero-order valence-electron chi connectivity index (χ0n) is 11.9. The highest BCUT2D eigenvalue weighted by Gasteiger charge is 2.15. The molecule has 2 atom stereocenters. The maximum Gasteiger partial charge on any atom is 0.251 e. The lowest BCUT2D eigenvalue weighted by atomic mass is 10.0. The summed E-state index contributed by atoms with van der Waals surface area (Å²) >= 11 is 0. The van der Waals surface area contributed by atoms with Crippen molar-refractivity contribution in [1.82, 2.24) is 10.3 Å². The van der Waals surface area contributed by atoms with E-state index in [-0.39, 0.29) is 11.9 Å². The summed E-state index contributed by atoms with van der Waals surface area (Å²) in [6, 6.07) is 3.75. The number of rotatable bonds is 5. The summed E-state index contributed by atoms with van der Waals surface area (Å²) in [5, 5.41) is 5.99. The van der Waals surface area contributed by atoms with Crippen LogP contribution in [0.15, 0.2) is 12.1 Å². The summed E-state index contributed by atoms with van der Waals surface area (Å²) in [5.74, 6) is 1.15. The Hall–Kier alpha value is -1.58. The largest absolute Gasteiger partial charge is 0.373 e. The van der Waals surface area contributed by atoms with E-state index in [2.05, 4.69) is 29.5 Å². The molecule has 0 radical (unpaired) electrons. The normalized spacial score (nSPS) is 13.8. The molecule has 1 aromatic heterocycles. The van der Waals surface area contributed by atoms with Gasteiger partial charge in [-0.25, -0.2) is 4.98 Å². The van der Waals surface area contributed by atoms with Crippen LogP contribution in [-0.4, -0.2) is 24.0 Å². The second kappa shape index (κ2) is 6.38. The first-order chi connectivity index (χ1) is 8.47. The third-order valence-electron chi connectivity index (χ3n) is 3.33. The van der Waals surface area contributed by atoms with Gasteiger partial charge >= 0.3 is 0 Å². The second-order valence-electron chi connectivity index (χ2n) is 4.78. The van der Waals surface area contributed by atoms with Crippen LogP contribution in [0.5, 0.6) is 0 Å². The number of pyridine rings is 1. The molecule has 1 heterocycles. The van der Waals surface area contributed by atoms with E-state index in [4.69, 9.17) is 0 Å². The third kappa shape index (κ3) is 3.72. The average Bonchev–Trinajstić information content (AvgIpc) is 2.36. The Morgan fingerprint density at radius 3 is 2.61 bits per heavy atom. The summed E-state index contributed by atoms with van der Waals surface area (Å²) in [6.07, 6.45) is 1.05. The first kappa shape index (κ1) is 14.5. The molecular formula is C14H23N3O. The molecular weight excluding hydrogens is 226 g/mol. The van der Waals surface area contributed by atoms with Gasteiger partial charge in [-0.3, -0.25) is 4.79 Å². The molecule has 0 bridgehead atoms. The van der Waals surface area contributed by atoms with Gasteiger partial charge in [-0.15, -0.1) is 0 Å². The number of anilines is 1. The highest BCUT2D eigenvalue weighted by Crippen LogP contribution is 2.12. The number of aromatic nitrogens is 1. The number of amides is 1. The minimum absolute atomic E-state index is 0.0372. The number of hydrogen-bond acceptors (Lipinski definition) is 3. The van der Waals surface area contributed by atoms with Crippen LogP contribution in [0, 0.1) is 12.8 Å². The monoisotopic (exact) mass is 249 g/mol. The number of nitrogens with zero attached hydrogens (tertiary/aromatic N) is 1. The Balaban J connectivity index is 2.81. The topological polar surface area (TPSA) is 54.0 Å². The predicted molar refractivity (Wildman–Crippen MR) is 74.9 cm³/mol. The summed E-state index contributed by atoms with van der Waals surface area (Å²) < 4.78 is 0. The van der Waals surface area contributed by atoms with Crippen LogP contribution in [0.1, 0.15) is 43.2 Å². The lowest BCUT2D eigenvalue weighted by Crippen LogP contribution is -2.37. The van der Waals surface area contributed by atoms with Crippen molar-refractivity contribution >= 4 is 11.7 Å². The highest BCUT2D eigenvalue weighted by atomic mass is 16.1. The van der Waals surface area contributed by atoms with Gasteiger partial charge in [0.15, 0.2) is 0 Å². The zero-order valence-corrected chi connectivity index (χ0v) is 11.9. The van der Waals surface area contributed by atoms with Gasteiger partial charge < -0.3 is 10.6 Å². The van der Waals surface area contributed by atoms with E-state index in [0.717, 1.165) is 17.9 Å². The van der Waals surface area contributed by atoms with Crippen molar-refractivity contribution in [3.63, 3.8) is 0 Å². The second-order valence-corrected chi connectivity index (χ2v) is 4.78. The van der Waals surface area contributed by atoms with Crippen LogP contribution < -0.4 is 10.6 Å². The quantitative estimate of drug-likeness (QED) is 0.843. The molecule has 0 fully saturated rings. The molecule has 0 aromatic carbocycles. The van der Waals surface area contributed by atoms with Crippen molar-refractivity contribution in [3.05, 3.63) is 23.4 Å². The van der Waals surface area contributed by atoms with Crippen molar-refractivity contribution in [1.29, 1.82) is 0 Å². The smallest absolute Gasteiger partial charge is 0.251 e. The molecule has 0 aliphatic carbocycles. The van der Waals surface area contributed by atoms with E-state index in [9.17, 15) is 4.79 Å². The lowest BCUT2D eigenvalue weighted by Gasteiger charge is -2.20. The summed E-state index contributed by atoms with van der Waals surface area (Å²) in [4.78, 5) is 16.4. The van der Waals surface area contributed by atoms with E-state index in [1.54, 1.807) is 19.2 Å². The van der Waals surface area contributed by atoms with Crippen molar-refractivity contribution in [2.24, 2.45) is 5.92 Å². The highest BCUT2D eigenvalue weighted by molar-refractivity contribution is 5.95. The van der Waals surface area contributed by atoms with E-state index < -0.39 is 0 Å². The van der Waals surface area contributed by atoms with Crippen LogP contribution >= 0.6 is 0 Å². The fourth-order valence-electron chi connectivity index (χ4n) is 1.71. The van der Waals surface area contributed by atoms with Crippen LogP contribution in [0.3, 0.4) is 0 Å².